The lowest BCUT2D eigenvalue weighted by Crippen LogP contribution is -2.02. The molecule has 0 bridgehead atoms. The highest BCUT2D eigenvalue weighted by molar-refractivity contribution is 14.1. The van der Waals surface area contributed by atoms with Gasteiger partial charge in [0, 0.05) is 19.8 Å². The van der Waals surface area contributed by atoms with Crippen LogP contribution in [0, 0.1) is 3.57 Å². The number of rotatable bonds is 3. The quantitative estimate of drug-likeness (QED) is 0.434. The van der Waals surface area contributed by atoms with Crippen molar-refractivity contribution < 1.29 is 4.79 Å². The molecular formula is C16H10BrIN2O. The van der Waals surface area contributed by atoms with E-state index in [0.717, 1.165) is 13.7 Å². The minimum atomic E-state index is -0.0393. The van der Waals surface area contributed by atoms with Crippen LogP contribution in [-0.2, 0) is 0 Å². The van der Waals surface area contributed by atoms with Crippen LogP contribution in [-0.4, -0.2) is 15.6 Å². The second-order valence-corrected chi connectivity index (χ2v) is 6.56. The van der Waals surface area contributed by atoms with Crippen molar-refractivity contribution in [3.05, 3.63) is 80.1 Å². The van der Waals surface area contributed by atoms with Gasteiger partial charge in [-0.1, -0.05) is 34.1 Å². The maximum atomic E-state index is 12.6. The summed E-state index contributed by atoms with van der Waals surface area (Å²) in [5, 5.41) is 4.26. The molecule has 0 saturated heterocycles. The first-order valence-electron chi connectivity index (χ1n) is 6.25. The summed E-state index contributed by atoms with van der Waals surface area (Å²) in [5.74, 6) is -0.0393. The monoisotopic (exact) mass is 452 g/mol. The fourth-order valence-corrected chi connectivity index (χ4v) is 2.91. The van der Waals surface area contributed by atoms with Gasteiger partial charge >= 0.3 is 0 Å². The number of halogens is 2. The molecule has 0 aliphatic carbocycles. The average molecular weight is 453 g/mol. The number of carbonyl (C=O) groups is 1. The van der Waals surface area contributed by atoms with Crippen molar-refractivity contribution >= 4 is 44.3 Å². The smallest absolute Gasteiger partial charge is 0.197 e. The number of carbonyl (C=O) groups excluding carboxylic acids is 1. The molecule has 104 valence electrons. The lowest BCUT2D eigenvalue weighted by atomic mass is 10.1. The molecular weight excluding hydrogens is 443 g/mol. The Balaban J connectivity index is 1.96. The van der Waals surface area contributed by atoms with Crippen LogP contribution in [0.1, 0.15) is 15.9 Å². The van der Waals surface area contributed by atoms with E-state index in [-0.39, 0.29) is 5.78 Å². The minimum absolute atomic E-state index is 0.0393. The molecule has 0 saturated carbocycles. The van der Waals surface area contributed by atoms with Gasteiger partial charge in [-0.25, -0.2) is 4.68 Å². The molecule has 3 aromatic rings. The van der Waals surface area contributed by atoms with E-state index >= 15 is 0 Å². The van der Waals surface area contributed by atoms with E-state index in [1.54, 1.807) is 17.1 Å². The Kier molecular flexibility index (Phi) is 4.21. The largest absolute Gasteiger partial charge is 0.288 e. The lowest BCUT2D eigenvalue weighted by Gasteiger charge is -2.03. The number of para-hydroxylation sites is 1. The standard InChI is InChI=1S/C16H10BrIN2O/c17-15-7-6-12(18)8-14(15)16(21)11-9-19-20(10-11)13-4-2-1-3-5-13/h1-10H. The highest BCUT2D eigenvalue weighted by Crippen LogP contribution is 2.22. The Morgan fingerprint density at radius 1 is 1.14 bits per heavy atom. The van der Waals surface area contributed by atoms with Gasteiger partial charge in [-0.05, 0) is 52.9 Å². The molecule has 0 atom stereocenters. The Morgan fingerprint density at radius 3 is 2.67 bits per heavy atom. The number of hydrogen-bond donors (Lipinski definition) is 0. The summed E-state index contributed by atoms with van der Waals surface area (Å²) >= 11 is 5.62. The third-order valence-electron chi connectivity index (χ3n) is 3.04. The molecule has 3 nitrogen and oxygen atoms in total. The summed E-state index contributed by atoms with van der Waals surface area (Å²) in [6.45, 7) is 0. The first-order chi connectivity index (χ1) is 10.1. The molecule has 0 radical (unpaired) electrons. The van der Waals surface area contributed by atoms with Crippen molar-refractivity contribution in [2.75, 3.05) is 0 Å². The third kappa shape index (κ3) is 3.08. The van der Waals surface area contributed by atoms with Crippen molar-refractivity contribution in [1.29, 1.82) is 0 Å². The number of nitrogens with zero attached hydrogens (tertiary/aromatic N) is 2. The molecule has 0 spiro atoms. The molecule has 5 heteroatoms. The number of ketones is 1. The fraction of sp³-hybridized carbons (Fsp3) is 0. The Labute approximate surface area is 144 Å². The summed E-state index contributed by atoms with van der Waals surface area (Å²) in [6.07, 6.45) is 3.35. The molecule has 0 aliphatic heterocycles. The van der Waals surface area contributed by atoms with Crippen molar-refractivity contribution in [2.45, 2.75) is 0 Å². The summed E-state index contributed by atoms with van der Waals surface area (Å²) in [7, 11) is 0. The molecule has 0 N–H and O–H groups in total. The van der Waals surface area contributed by atoms with Gasteiger partial charge < -0.3 is 0 Å². The van der Waals surface area contributed by atoms with Crippen LogP contribution in [0.3, 0.4) is 0 Å². The molecule has 0 unspecified atom stereocenters. The highest BCUT2D eigenvalue weighted by Gasteiger charge is 2.15. The van der Waals surface area contributed by atoms with Crippen LogP contribution in [0.5, 0.6) is 0 Å². The minimum Gasteiger partial charge on any atom is -0.288 e. The first kappa shape index (κ1) is 14.5. The Hall–Kier alpha value is -1.47. The van der Waals surface area contributed by atoms with Crippen molar-refractivity contribution in [2.24, 2.45) is 0 Å². The number of aromatic nitrogens is 2. The van der Waals surface area contributed by atoms with Gasteiger partial charge in [0.2, 0.25) is 0 Å². The van der Waals surface area contributed by atoms with Crippen LogP contribution in [0.4, 0.5) is 0 Å². The van der Waals surface area contributed by atoms with E-state index in [4.69, 9.17) is 0 Å². The first-order valence-corrected chi connectivity index (χ1v) is 8.12. The third-order valence-corrected chi connectivity index (χ3v) is 4.40. The molecule has 3 rings (SSSR count). The van der Waals surface area contributed by atoms with Crippen LogP contribution >= 0.6 is 38.5 Å². The molecule has 0 aliphatic rings. The van der Waals surface area contributed by atoms with Gasteiger partial charge in [-0.3, -0.25) is 4.79 Å². The summed E-state index contributed by atoms with van der Waals surface area (Å²) < 4.78 is 3.52. The van der Waals surface area contributed by atoms with E-state index in [2.05, 4.69) is 43.6 Å². The van der Waals surface area contributed by atoms with Gasteiger partial charge in [-0.2, -0.15) is 5.10 Å². The Bertz CT molecular complexity index is 799. The maximum Gasteiger partial charge on any atom is 0.197 e. The average Bonchev–Trinajstić information content (AvgIpc) is 3.00. The van der Waals surface area contributed by atoms with Gasteiger partial charge in [0.1, 0.15) is 0 Å². The van der Waals surface area contributed by atoms with E-state index in [9.17, 15) is 4.79 Å². The molecule has 0 amide bonds. The molecule has 1 heterocycles. The second-order valence-electron chi connectivity index (χ2n) is 4.46. The van der Waals surface area contributed by atoms with Crippen LogP contribution < -0.4 is 0 Å². The molecule has 21 heavy (non-hydrogen) atoms. The second kappa shape index (κ2) is 6.11. The molecule has 0 fully saturated rings. The van der Waals surface area contributed by atoms with E-state index in [1.165, 1.54) is 0 Å². The zero-order valence-corrected chi connectivity index (χ0v) is 14.6. The zero-order valence-electron chi connectivity index (χ0n) is 10.8. The van der Waals surface area contributed by atoms with Gasteiger partial charge in [-0.15, -0.1) is 0 Å². The zero-order chi connectivity index (χ0) is 14.8. The van der Waals surface area contributed by atoms with E-state index in [1.807, 2.05) is 48.5 Å². The van der Waals surface area contributed by atoms with E-state index < -0.39 is 0 Å². The van der Waals surface area contributed by atoms with Gasteiger partial charge in [0.25, 0.3) is 0 Å². The predicted octanol–water partition coefficient (Wildman–Crippen LogP) is 4.47. The summed E-state index contributed by atoms with van der Waals surface area (Å²) in [5.41, 5.74) is 2.15. The lowest BCUT2D eigenvalue weighted by molar-refractivity contribution is 0.103. The normalized spacial score (nSPS) is 10.6. The van der Waals surface area contributed by atoms with Crippen LogP contribution in [0.15, 0.2) is 65.4 Å². The number of benzene rings is 2. The van der Waals surface area contributed by atoms with Crippen LogP contribution in [0.25, 0.3) is 5.69 Å². The van der Waals surface area contributed by atoms with Gasteiger partial charge in [0.15, 0.2) is 5.78 Å². The summed E-state index contributed by atoms with van der Waals surface area (Å²) in [6, 6.07) is 15.4. The maximum absolute atomic E-state index is 12.6. The van der Waals surface area contributed by atoms with E-state index in [0.29, 0.717) is 11.1 Å². The Morgan fingerprint density at radius 2 is 1.90 bits per heavy atom. The van der Waals surface area contributed by atoms with Crippen LogP contribution in [0.2, 0.25) is 0 Å². The SMILES string of the molecule is O=C(c1cnn(-c2ccccc2)c1)c1cc(I)ccc1Br. The van der Waals surface area contributed by atoms with Crippen molar-refractivity contribution in [3.8, 4) is 5.69 Å². The fourth-order valence-electron chi connectivity index (χ4n) is 1.99. The number of hydrogen-bond acceptors (Lipinski definition) is 2. The van der Waals surface area contributed by atoms with Crippen molar-refractivity contribution in [1.82, 2.24) is 9.78 Å². The predicted molar refractivity (Wildman–Crippen MR) is 93.9 cm³/mol. The van der Waals surface area contributed by atoms with Gasteiger partial charge in [0.05, 0.1) is 17.4 Å². The topological polar surface area (TPSA) is 34.9 Å². The molecule has 1 aromatic heterocycles. The summed E-state index contributed by atoms with van der Waals surface area (Å²) in [4.78, 5) is 12.6. The van der Waals surface area contributed by atoms with Crippen molar-refractivity contribution in [3.63, 3.8) is 0 Å². The highest BCUT2D eigenvalue weighted by atomic mass is 127. The molecule has 2 aromatic carbocycles.